The molecule has 0 amide bonds. The summed E-state index contributed by atoms with van der Waals surface area (Å²) in [4.78, 5) is 21.6. The van der Waals surface area contributed by atoms with E-state index in [9.17, 15) is 0 Å². The van der Waals surface area contributed by atoms with Gasteiger partial charge in [-0.15, -0.1) is 0 Å². The number of benzene rings is 6. The van der Waals surface area contributed by atoms with Crippen molar-refractivity contribution in [3.63, 3.8) is 0 Å². The van der Waals surface area contributed by atoms with Crippen molar-refractivity contribution in [3.8, 4) is 33.6 Å². The lowest BCUT2D eigenvalue weighted by Gasteiger charge is -2.37. The summed E-state index contributed by atoms with van der Waals surface area (Å²) in [5.41, 5.74) is 21.8. The molecule has 0 saturated carbocycles. The molecule has 1 spiro atoms. The minimum atomic E-state index is -0.553. The first-order chi connectivity index (χ1) is 28.8. The second kappa shape index (κ2) is 12.2. The Labute approximate surface area is 343 Å². The van der Waals surface area contributed by atoms with Crippen molar-refractivity contribution in [3.05, 3.63) is 201 Å². The third-order valence-corrected chi connectivity index (χ3v) is 13.4. The predicted octanol–water partition coefficient (Wildman–Crippen LogP) is 13.3. The summed E-state index contributed by atoms with van der Waals surface area (Å²) < 4.78 is 0. The summed E-state index contributed by atoms with van der Waals surface area (Å²) in [6, 6.07) is 53.7. The van der Waals surface area contributed by atoms with Crippen molar-refractivity contribution in [1.29, 1.82) is 0 Å². The first kappa shape index (κ1) is 34.0. The highest BCUT2D eigenvalue weighted by Gasteiger charge is 2.47. The normalized spacial score (nSPS) is 13.9. The summed E-state index contributed by atoms with van der Waals surface area (Å²) >= 11 is 0. The van der Waals surface area contributed by atoms with Crippen LogP contribution in [-0.4, -0.2) is 19.9 Å². The van der Waals surface area contributed by atoms with E-state index in [1.807, 2.05) is 0 Å². The molecule has 10 aromatic rings. The van der Waals surface area contributed by atoms with Gasteiger partial charge in [0.1, 0.15) is 0 Å². The first-order valence-electron chi connectivity index (χ1n) is 20.6. The van der Waals surface area contributed by atoms with Gasteiger partial charge in [0.05, 0.1) is 38.9 Å². The van der Waals surface area contributed by atoms with E-state index in [1.54, 1.807) is 0 Å². The highest BCUT2D eigenvalue weighted by molar-refractivity contribution is 6.05. The van der Waals surface area contributed by atoms with Crippen LogP contribution in [0, 0.1) is 27.7 Å². The Kier molecular flexibility index (Phi) is 7.06. The van der Waals surface area contributed by atoms with Crippen molar-refractivity contribution in [2.75, 3.05) is 0 Å². The van der Waals surface area contributed by atoms with E-state index in [2.05, 4.69) is 180 Å². The molecule has 0 saturated heterocycles. The van der Waals surface area contributed by atoms with Gasteiger partial charge in [-0.3, -0.25) is 0 Å². The molecule has 5 aliphatic rings. The number of rotatable bonds is 0. The smallest absolute Gasteiger partial charge is 0.0972 e. The monoisotopic (exact) mass is 756 g/mol. The van der Waals surface area contributed by atoms with E-state index in [0.717, 1.165) is 77.5 Å². The first-order valence-corrected chi connectivity index (χ1v) is 20.6. The molecule has 0 fully saturated rings. The summed E-state index contributed by atoms with van der Waals surface area (Å²) in [6.07, 6.45) is 0. The van der Waals surface area contributed by atoms with Gasteiger partial charge in [0.15, 0.2) is 0 Å². The van der Waals surface area contributed by atoms with E-state index in [0.29, 0.717) is 0 Å². The van der Waals surface area contributed by atoms with E-state index in [4.69, 9.17) is 19.9 Å². The molecule has 0 unspecified atom stereocenters. The largest absolute Gasteiger partial charge is 0.250 e. The highest BCUT2D eigenvalue weighted by atomic mass is 14.8. The van der Waals surface area contributed by atoms with Gasteiger partial charge in [0.2, 0.25) is 0 Å². The van der Waals surface area contributed by atoms with Gasteiger partial charge in [-0.25, -0.2) is 19.9 Å². The van der Waals surface area contributed by atoms with Crippen molar-refractivity contribution < 1.29 is 0 Å². The Bertz CT molecular complexity index is 3240. The van der Waals surface area contributed by atoms with Gasteiger partial charge in [-0.05, 0) is 120 Å². The molecular formula is C55H40N4. The molecule has 15 rings (SSSR count). The summed E-state index contributed by atoms with van der Waals surface area (Å²) in [6.45, 7) is 11.3. The van der Waals surface area contributed by atoms with Gasteiger partial charge in [0.25, 0.3) is 0 Å². The van der Waals surface area contributed by atoms with E-state index < -0.39 is 5.41 Å². The number of hydrogen-bond acceptors (Lipinski definition) is 4. The fourth-order valence-corrected chi connectivity index (χ4v) is 10.5. The lowest BCUT2D eigenvalue weighted by molar-refractivity contribution is 0.752. The number of aryl methyl sites for hydroxylation is 4. The zero-order chi connectivity index (χ0) is 39.7. The van der Waals surface area contributed by atoms with Crippen LogP contribution in [0.2, 0.25) is 0 Å². The maximum Gasteiger partial charge on any atom is 0.0972 e. The molecule has 59 heavy (non-hydrogen) atoms. The molecule has 4 aliphatic heterocycles. The predicted molar refractivity (Wildman–Crippen MR) is 242 cm³/mol. The maximum absolute atomic E-state index is 5.44. The van der Waals surface area contributed by atoms with Gasteiger partial charge < -0.3 is 0 Å². The van der Waals surface area contributed by atoms with E-state index >= 15 is 0 Å². The quantitative estimate of drug-likeness (QED) is 0.145. The van der Waals surface area contributed by atoms with Crippen LogP contribution in [0.15, 0.2) is 146 Å². The van der Waals surface area contributed by atoms with Crippen LogP contribution in [0.1, 0.15) is 68.7 Å². The standard InChI is InChI=1S/C55H40N4/c1-30-28-45-32(3)26-41(30)49-24-20-37-16-14-35-18-22-47(56-51(35)53(37)58-49)34(5)48-23-19-36-15-17-38-21-25-50(59-54(38)52(36)57-48)42-27-33(4)46(29-31(42)2)55(45)43-12-8-6-10-39(43)40-11-7-9-13-44(40)55/h6-29,34H,1-5H3. The average molecular weight is 757 g/mol. The lowest BCUT2D eigenvalue weighted by atomic mass is 9.64. The number of pyridine rings is 4. The molecule has 6 aromatic carbocycles. The number of hydrogen-bond donors (Lipinski definition) is 0. The fraction of sp³-hybridized carbons (Fsp3) is 0.127. The van der Waals surface area contributed by atoms with Crippen molar-refractivity contribution in [2.24, 2.45) is 0 Å². The Balaban J connectivity index is 1.22. The Morgan fingerprint density at radius 2 is 0.729 bits per heavy atom. The molecule has 0 N–H and O–H groups in total. The summed E-state index contributed by atoms with van der Waals surface area (Å²) in [7, 11) is 0. The van der Waals surface area contributed by atoms with Crippen LogP contribution in [0.5, 0.6) is 0 Å². The molecule has 4 heteroatoms. The Hall–Kier alpha value is -7.04. The van der Waals surface area contributed by atoms with Crippen LogP contribution >= 0.6 is 0 Å². The Morgan fingerprint density at radius 1 is 0.356 bits per heavy atom. The molecule has 4 nitrogen and oxygen atoms in total. The molecule has 4 aromatic heterocycles. The van der Waals surface area contributed by atoms with Crippen molar-refractivity contribution in [2.45, 2.75) is 46.0 Å². The zero-order valence-corrected chi connectivity index (χ0v) is 33.7. The SMILES string of the molecule is Cc1cc2c(C)cc1-c1ccc3ccc4ccc(nc4c3n1)C(C)c1ccc3ccc4ccc(nc4c3n1)-c1cc(C)c(cc1C)C21c2ccccc2-c2ccccc21. The number of aromatic nitrogens is 4. The Morgan fingerprint density at radius 3 is 1.17 bits per heavy atom. The minimum absolute atomic E-state index is 0.0495. The van der Waals surface area contributed by atoms with Crippen LogP contribution in [-0.2, 0) is 5.41 Å². The third kappa shape index (κ3) is 4.71. The van der Waals surface area contributed by atoms with Crippen LogP contribution in [0.25, 0.3) is 77.3 Å². The van der Waals surface area contributed by atoms with Gasteiger partial charge in [-0.1, -0.05) is 116 Å². The number of nitrogens with zero attached hydrogens (tertiary/aromatic N) is 4. The second-order valence-electron chi connectivity index (χ2n) is 16.8. The minimum Gasteiger partial charge on any atom is -0.250 e. The van der Waals surface area contributed by atoms with Crippen LogP contribution in [0.3, 0.4) is 0 Å². The fourth-order valence-electron chi connectivity index (χ4n) is 10.5. The summed E-state index contributed by atoms with van der Waals surface area (Å²) in [5.74, 6) is -0.0495. The lowest BCUT2D eigenvalue weighted by Crippen LogP contribution is -2.31. The van der Waals surface area contributed by atoms with Gasteiger partial charge in [-0.2, -0.15) is 0 Å². The maximum atomic E-state index is 5.44. The van der Waals surface area contributed by atoms with E-state index in [-0.39, 0.29) is 5.92 Å². The van der Waals surface area contributed by atoms with Gasteiger partial charge >= 0.3 is 0 Å². The van der Waals surface area contributed by atoms with Crippen LogP contribution in [0.4, 0.5) is 0 Å². The summed E-state index contributed by atoms with van der Waals surface area (Å²) in [5, 5.41) is 4.29. The zero-order valence-electron chi connectivity index (χ0n) is 33.7. The van der Waals surface area contributed by atoms with Crippen LogP contribution < -0.4 is 0 Å². The molecule has 8 heterocycles. The molecule has 0 atom stereocenters. The van der Waals surface area contributed by atoms with E-state index in [1.165, 1.54) is 55.6 Å². The molecule has 0 radical (unpaired) electrons. The van der Waals surface area contributed by atoms with Gasteiger partial charge in [0, 0.05) is 50.0 Å². The van der Waals surface area contributed by atoms with Crippen molar-refractivity contribution in [1.82, 2.24) is 19.9 Å². The third-order valence-electron chi connectivity index (χ3n) is 13.4. The molecule has 1 aliphatic carbocycles. The molecule has 280 valence electrons. The topological polar surface area (TPSA) is 51.6 Å². The second-order valence-corrected chi connectivity index (χ2v) is 16.8. The number of fused-ring (bicyclic) bond motifs is 3. The molecular weight excluding hydrogens is 717 g/mol. The highest BCUT2D eigenvalue weighted by Crippen LogP contribution is 2.58. The average Bonchev–Trinajstić information content (AvgIpc) is 3.57. The van der Waals surface area contributed by atoms with Crippen molar-refractivity contribution >= 4 is 43.6 Å². The molecule has 12 bridgehead atoms.